The molecule has 1 aliphatic rings. The van der Waals surface area contributed by atoms with Crippen molar-refractivity contribution in [2.45, 2.75) is 19.1 Å². The molecule has 0 saturated carbocycles. The van der Waals surface area contributed by atoms with Crippen molar-refractivity contribution in [2.24, 2.45) is 0 Å². The molecule has 3 heterocycles. The van der Waals surface area contributed by atoms with Gasteiger partial charge < -0.3 is 4.42 Å². The molecule has 5 heteroatoms. The molecule has 0 atom stereocenters. The van der Waals surface area contributed by atoms with Crippen molar-refractivity contribution in [1.82, 2.24) is 19.5 Å². The van der Waals surface area contributed by atoms with Crippen LogP contribution in [0.2, 0.25) is 0 Å². The number of hydrogen-bond acceptors (Lipinski definition) is 4. The Kier molecular flexibility index (Phi) is 3.03. The Morgan fingerprint density at radius 1 is 0.617 bits per heavy atom. The van der Waals surface area contributed by atoms with Crippen LogP contribution in [0.5, 0.6) is 0 Å². The fraction of sp³-hybridized carbons (Fsp3) is 0.0714. The Bertz CT molecular complexity index is 3490. The Morgan fingerprint density at radius 3 is 2.28 bits per heavy atom. The van der Waals surface area contributed by atoms with Gasteiger partial charge in [-0.2, -0.15) is 9.97 Å². The lowest BCUT2D eigenvalue weighted by atomic mass is 9.82. The predicted molar refractivity (Wildman–Crippen MR) is 190 cm³/mol. The van der Waals surface area contributed by atoms with E-state index in [9.17, 15) is 5.48 Å². The highest BCUT2D eigenvalue weighted by atomic mass is 16.3. The van der Waals surface area contributed by atoms with Crippen molar-refractivity contribution < 1.29 is 26.3 Å². The van der Waals surface area contributed by atoms with Crippen LogP contribution in [0.4, 0.5) is 0 Å². The average Bonchev–Trinajstić information content (AvgIpc) is 3.93. The summed E-state index contributed by atoms with van der Waals surface area (Å²) in [6.07, 6.45) is 0. The Labute approximate surface area is 293 Å². The molecular formula is C42H28N4O. The molecule has 1 aliphatic carbocycles. The Balaban J connectivity index is 1.42. The normalized spacial score (nSPS) is 18.9. The maximum atomic E-state index is 9.95. The molecule has 222 valence electrons. The van der Waals surface area contributed by atoms with Gasteiger partial charge in [0.1, 0.15) is 11.2 Å². The summed E-state index contributed by atoms with van der Waals surface area (Å²) in [4.78, 5) is 14.4. The van der Waals surface area contributed by atoms with E-state index in [1.54, 1.807) is 42.5 Å². The monoisotopic (exact) mass is 620 g/mol. The fourth-order valence-corrected chi connectivity index (χ4v) is 6.36. The second-order valence-electron chi connectivity index (χ2n) is 11.2. The van der Waals surface area contributed by atoms with Gasteiger partial charge >= 0.3 is 0 Å². The van der Waals surface area contributed by atoms with Gasteiger partial charge in [-0.25, -0.2) is 4.98 Å². The molecule has 0 spiro atoms. The molecule has 9 aromatic rings. The van der Waals surface area contributed by atoms with Crippen molar-refractivity contribution in [3.05, 3.63) is 144 Å². The standard InChI is InChI=1S/C42H28N4O/c1-42(2)33-17-9-6-14-27(33)31-24-36-32(23-34(31)42)28-15-7-10-18-35(28)46(36)41-44-39(25-12-4-3-5-13-25)43-40(45-41)26-20-21-30-29-16-8-11-19-37(29)47-38(30)22-26/h3-24H,1-2H3/i1D3,2D3,6D,7D,9D,10D,14D,15D,17D,18D,23D,24D. The number of benzene rings is 6. The summed E-state index contributed by atoms with van der Waals surface area (Å²) >= 11 is 0. The van der Waals surface area contributed by atoms with Crippen LogP contribution in [0, 0.1) is 0 Å². The summed E-state index contributed by atoms with van der Waals surface area (Å²) in [5, 5.41) is 0.844. The van der Waals surface area contributed by atoms with Crippen molar-refractivity contribution >= 4 is 43.7 Å². The first-order valence-corrected chi connectivity index (χ1v) is 14.6. The molecule has 0 aliphatic heterocycles. The smallest absolute Gasteiger partial charge is 0.238 e. The van der Waals surface area contributed by atoms with Crippen LogP contribution in [0.25, 0.3) is 83.6 Å². The highest BCUT2D eigenvalue weighted by Crippen LogP contribution is 2.51. The largest absolute Gasteiger partial charge is 0.456 e. The van der Waals surface area contributed by atoms with E-state index in [0.29, 0.717) is 22.3 Å². The molecule has 47 heavy (non-hydrogen) atoms. The first-order valence-electron chi connectivity index (χ1n) is 22.6. The van der Waals surface area contributed by atoms with Gasteiger partial charge in [-0.05, 0) is 58.6 Å². The highest BCUT2D eigenvalue weighted by molar-refractivity contribution is 6.11. The van der Waals surface area contributed by atoms with E-state index in [1.165, 1.54) is 0 Å². The number of furan rings is 1. The highest BCUT2D eigenvalue weighted by Gasteiger charge is 2.36. The van der Waals surface area contributed by atoms with Crippen LogP contribution >= 0.6 is 0 Å². The molecule has 0 radical (unpaired) electrons. The Morgan fingerprint density at radius 2 is 1.38 bits per heavy atom. The SMILES string of the molecule is [2H]c1c([2H])c([2H])c2c(c1[2H])-c1c(c([2H])c3c4c([2H])c([2H])c([2H])c([2H])c4n(-c4nc(-c5ccccc5)nc(-c5ccc6c(c5)oc5ccccc56)n4)c3c1[2H])C2(C([2H])([2H])[2H])C([2H])([2H])[2H]. The van der Waals surface area contributed by atoms with Gasteiger partial charge in [-0.1, -0.05) is 111 Å². The quantitative estimate of drug-likeness (QED) is 0.197. The van der Waals surface area contributed by atoms with Crippen LogP contribution in [0.3, 0.4) is 0 Å². The summed E-state index contributed by atoms with van der Waals surface area (Å²) in [5.74, 6) is -0.176. The summed E-state index contributed by atoms with van der Waals surface area (Å²) in [5.41, 5.74) is -4.83. The minimum Gasteiger partial charge on any atom is -0.456 e. The second-order valence-corrected chi connectivity index (χ2v) is 11.2. The van der Waals surface area contributed by atoms with Gasteiger partial charge in [-0.15, -0.1) is 0 Å². The third-order valence-electron chi connectivity index (χ3n) is 8.53. The molecule has 0 saturated heterocycles. The van der Waals surface area contributed by atoms with Gasteiger partial charge in [0.15, 0.2) is 11.6 Å². The molecule has 0 bridgehead atoms. The van der Waals surface area contributed by atoms with E-state index in [-0.39, 0.29) is 34.0 Å². The van der Waals surface area contributed by atoms with Gasteiger partial charge in [0.05, 0.1) is 24.7 Å². The topological polar surface area (TPSA) is 56.7 Å². The molecule has 0 N–H and O–H groups in total. The van der Waals surface area contributed by atoms with Crippen molar-refractivity contribution in [3.8, 4) is 39.9 Å². The third kappa shape index (κ3) is 3.74. The minimum absolute atomic E-state index is 0.0547. The van der Waals surface area contributed by atoms with Crippen molar-refractivity contribution in [3.63, 3.8) is 0 Å². The lowest BCUT2D eigenvalue weighted by Gasteiger charge is -2.21. The van der Waals surface area contributed by atoms with Crippen LogP contribution in [0.1, 0.15) is 46.8 Å². The lowest BCUT2D eigenvalue weighted by molar-refractivity contribution is 0.661. The molecule has 5 nitrogen and oxygen atoms in total. The molecular weight excluding hydrogens is 576 g/mol. The van der Waals surface area contributed by atoms with Crippen LogP contribution in [-0.2, 0) is 5.41 Å². The van der Waals surface area contributed by atoms with Gasteiger partial charge in [0.25, 0.3) is 0 Å². The third-order valence-corrected chi connectivity index (χ3v) is 8.53. The predicted octanol–water partition coefficient (Wildman–Crippen LogP) is 10.5. The first kappa shape index (κ1) is 15.0. The van der Waals surface area contributed by atoms with E-state index in [4.69, 9.17) is 35.8 Å². The minimum atomic E-state index is -3.64. The van der Waals surface area contributed by atoms with Crippen molar-refractivity contribution in [2.75, 3.05) is 0 Å². The van der Waals surface area contributed by atoms with E-state index in [2.05, 4.69) is 0 Å². The number of aromatic nitrogens is 4. The molecule has 6 aromatic carbocycles. The fourth-order valence-electron chi connectivity index (χ4n) is 6.36. The van der Waals surface area contributed by atoms with Gasteiger partial charge in [-0.3, -0.25) is 4.57 Å². The summed E-state index contributed by atoms with van der Waals surface area (Å²) < 4.78 is 151. The van der Waals surface area contributed by atoms with Gasteiger partial charge in [0.2, 0.25) is 5.95 Å². The van der Waals surface area contributed by atoms with Crippen LogP contribution in [-0.4, -0.2) is 19.5 Å². The Hall–Kier alpha value is -6.07. The number of nitrogens with zero attached hydrogens (tertiary/aromatic N) is 4. The molecule has 3 aromatic heterocycles. The first-order chi connectivity index (χ1) is 29.7. The second kappa shape index (κ2) is 9.47. The van der Waals surface area contributed by atoms with E-state index in [0.717, 1.165) is 15.3 Å². The zero-order valence-corrected chi connectivity index (χ0v) is 24.1. The van der Waals surface area contributed by atoms with E-state index >= 15 is 0 Å². The number of fused-ring (bicyclic) bond motifs is 9. The molecule has 0 fully saturated rings. The van der Waals surface area contributed by atoms with Gasteiger partial charge in [0, 0.05) is 46.3 Å². The lowest BCUT2D eigenvalue weighted by Crippen LogP contribution is -2.14. The van der Waals surface area contributed by atoms with Crippen LogP contribution in [0.15, 0.2) is 138 Å². The van der Waals surface area contributed by atoms with E-state index in [1.807, 2.05) is 30.3 Å². The molecule has 10 rings (SSSR count). The maximum absolute atomic E-state index is 9.95. The number of rotatable bonds is 3. The average molecular weight is 621 g/mol. The summed E-state index contributed by atoms with van der Waals surface area (Å²) in [6.45, 7) is -7.28. The number of para-hydroxylation sites is 2. The summed E-state index contributed by atoms with van der Waals surface area (Å²) in [6, 6.07) is 13.4. The molecule has 0 amide bonds. The summed E-state index contributed by atoms with van der Waals surface area (Å²) in [7, 11) is 0. The zero-order valence-electron chi connectivity index (χ0n) is 40.1. The van der Waals surface area contributed by atoms with Crippen LogP contribution < -0.4 is 0 Å². The zero-order chi connectivity index (χ0) is 45.0. The maximum Gasteiger partial charge on any atom is 0.238 e. The van der Waals surface area contributed by atoms with E-state index < -0.39 is 107 Å². The molecule has 0 unspecified atom stereocenters. The number of hydrogen-bond donors (Lipinski definition) is 0. The van der Waals surface area contributed by atoms with Crippen molar-refractivity contribution in [1.29, 1.82) is 0 Å².